The van der Waals surface area contributed by atoms with Crippen LogP contribution in [0.2, 0.25) is 0 Å². The molecule has 0 spiro atoms. The molecule has 0 heterocycles. The third-order valence-corrected chi connectivity index (χ3v) is 2.05. The van der Waals surface area contributed by atoms with Crippen LogP contribution >= 0.6 is 0 Å². The standard InChI is InChI=1S/C12H16F2N2O/c1-8(2)16-12(17)5-6-15-11-7-9(13)3-4-10(11)14/h3-4,7-8,15H,5-6H2,1-2H3,(H,16,17). The quantitative estimate of drug-likeness (QED) is 0.831. The zero-order chi connectivity index (χ0) is 12.8. The fourth-order valence-electron chi connectivity index (χ4n) is 1.34. The SMILES string of the molecule is CC(C)NC(=O)CCNc1cc(F)ccc1F. The molecular weight excluding hydrogens is 226 g/mol. The van der Waals surface area contributed by atoms with Crippen molar-refractivity contribution in [2.45, 2.75) is 26.3 Å². The molecule has 1 amide bonds. The van der Waals surface area contributed by atoms with E-state index >= 15 is 0 Å². The third kappa shape index (κ3) is 4.80. The average molecular weight is 242 g/mol. The van der Waals surface area contributed by atoms with Gasteiger partial charge >= 0.3 is 0 Å². The molecule has 0 radical (unpaired) electrons. The van der Waals surface area contributed by atoms with Crippen molar-refractivity contribution in [1.29, 1.82) is 0 Å². The fourth-order valence-corrected chi connectivity index (χ4v) is 1.34. The lowest BCUT2D eigenvalue weighted by Gasteiger charge is -2.10. The molecule has 94 valence electrons. The van der Waals surface area contributed by atoms with Gasteiger partial charge in [-0.05, 0) is 32.0 Å². The van der Waals surface area contributed by atoms with Crippen LogP contribution < -0.4 is 10.6 Å². The Bertz CT molecular complexity index is 394. The number of halogens is 2. The lowest BCUT2D eigenvalue weighted by molar-refractivity contribution is -0.121. The van der Waals surface area contributed by atoms with Gasteiger partial charge in [0.15, 0.2) is 0 Å². The van der Waals surface area contributed by atoms with E-state index in [9.17, 15) is 13.6 Å². The highest BCUT2D eigenvalue weighted by molar-refractivity contribution is 5.76. The highest BCUT2D eigenvalue weighted by atomic mass is 19.1. The molecule has 0 aliphatic carbocycles. The Morgan fingerprint density at radius 2 is 2.06 bits per heavy atom. The summed E-state index contributed by atoms with van der Waals surface area (Å²) in [6.07, 6.45) is 0.216. The maximum Gasteiger partial charge on any atom is 0.221 e. The van der Waals surface area contributed by atoms with Gasteiger partial charge in [-0.1, -0.05) is 0 Å². The van der Waals surface area contributed by atoms with Crippen molar-refractivity contribution >= 4 is 11.6 Å². The number of nitrogens with one attached hydrogen (secondary N) is 2. The van der Waals surface area contributed by atoms with E-state index in [2.05, 4.69) is 10.6 Å². The van der Waals surface area contributed by atoms with Gasteiger partial charge in [-0.15, -0.1) is 0 Å². The maximum absolute atomic E-state index is 13.2. The largest absolute Gasteiger partial charge is 0.382 e. The molecule has 0 aliphatic heterocycles. The fraction of sp³-hybridized carbons (Fsp3) is 0.417. The van der Waals surface area contributed by atoms with Crippen LogP contribution in [0, 0.1) is 11.6 Å². The predicted octanol–water partition coefficient (Wildman–Crippen LogP) is 2.29. The monoisotopic (exact) mass is 242 g/mol. The molecule has 1 aromatic rings. The summed E-state index contributed by atoms with van der Waals surface area (Å²) in [5.74, 6) is -1.17. The molecule has 0 aliphatic rings. The Morgan fingerprint density at radius 1 is 1.35 bits per heavy atom. The van der Waals surface area contributed by atoms with Crippen LogP contribution in [0.3, 0.4) is 0 Å². The summed E-state index contributed by atoms with van der Waals surface area (Å²) < 4.78 is 26.0. The van der Waals surface area contributed by atoms with Gasteiger partial charge in [-0.25, -0.2) is 8.78 Å². The first-order valence-electron chi connectivity index (χ1n) is 5.47. The number of hydrogen-bond acceptors (Lipinski definition) is 2. The minimum absolute atomic E-state index is 0.0716. The molecule has 0 atom stereocenters. The molecular formula is C12H16F2N2O. The van der Waals surface area contributed by atoms with Crippen LogP contribution in [0.25, 0.3) is 0 Å². The second-order valence-electron chi connectivity index (χ2n) is 4.02. The highest BCUT2D eigenvalue weighted by Gasteiger charge is 2.05. The van der Waals surface area contributed by atoms with Gasteiger partial charge < -0.3 is 10.6 Å². The zero-order valence-corrected chi connectivity index (χ0v) is 9.89. The van der Waals surface area contributed by atoms with E-state index in [-0.39, 0.29) is 30.6 Å². The minimum atomic E-state index is -0.532. The van der Waals surface area contributed by atoms with Gasteiger partial charge in [0.2, 0.25) is 5.91 Å². The van der Waals surface area contributed by atoms with Crippen LogP contribution in [-0.4, -0.2) is 18.5 Å². The van der Waals surface area contributed by atoms with Crippen molar-refractivity contribution in [1.82, 2.24) is 5.32 Å². The van der Waals surface area contributed by atoms with E-state index in [0.29, 0.717) is 0 Å². The van der Waals surface area contributed by atoms with E-state index in [1.54, 1.807) is 0 Å². The molecule has 2 N–H and O–H groups in total. The predicted molar refractivity (Wildman–Crippen MR) is 62.7 cm³/mol. The first-order chi connectivity index (χ1) is 7.99. The molecule has 0 aromatic heterocycles. The number of carbonyl (C=O) groups is 1. The first-order valence-corrected chi connectivity index (χ1v) is 5.47. The molecule has 0 fully saturated rings. The highest BCUT2D eigenvalue weighted by Crippen LogP contribution is 2.14. The minimum Gasteiger partial charge on any atom is -0.382 e. The second-order valence-corrected chi connectivity index (χ2v) is 4.02. The Balaban J connectivity index is 2.40. The Morgan fingerprint density at radius 3 is 2.71 bits per heavy atom. The van der Waals surface area contributed by atoms with Gasteiger partial charge in [0, 0.05) is 19.0 Å². The van der Waals surface area contributed by atoms with Crippen molar-refractivity contribution in [3.63, 3.8) is 0 Å². The van der Waals surface area contributed by atoms with Crippen molar-refractivity contribution < 1.29 is 13.6 Å². The van der Waals surface area contributed by atoms with Crippen molar-refractivity contribution in [2.24, 2.45) is 0 Å². The molecule has 0 saturated carbocycles. The molecule has 0 bridgehead atoms. The normalized spacial score (nSPS) is 10.4. The summed E-state index contributed by atoms with van der Waals surface area (Å²) in [4.78, 5) is 11.3. The summed E-state index contributed by atoms with van der Waals surface area (Å²) in [5.41, 5.74) is 0.0716. The van der Waals surface area contributed by atoms with E-state index in [1.807, 2.05) is 13.8 Å². The van der Waals surface area contributed by atoms with Crippen LogP contribution in [0.15, 0.2) is 18.2 Å². The van der Waals surface area contributed by atoms with E-state index in [1.165, 1.54) is 0 Å². The van der Waals surface area contributed by atoms with E-state index < -0.39 is 11.6 Å². The summed E-state index contributed by atoms with van der Waals surface area (Å²) in [6.45, 7) is 3.98. The van der Waals surface area contributed by atoms with Gasteiger partial charge in [0.25, 0.3) is 0 Å². The number of rotatable bonds is 5. The van der Waals surface area contributed by atoms with Crippen LogP contribution in [0.1, 0.15) is 20.3 Å². The smallest absolute Gasteiger partial charge is 0.221 e. The number of amides is 1. The molecule has 5 heteroatoms. The van der Waals surface area contributed by atoms with Crippen molar-refractivity contribution in [3.05, 3.63) is 29.8 Å². The number of benzene rings is 1. The summed E-state index contributed by atoms with van der Waals surface area (Å²) in [6, 6.07) is 3.24. The Kier molecular flexibility index (Phi) is 4.87. The topological polar surface area (TPSA) is 41.1 Å². The van der Waals surface area contributed by atoms with Gasteiger partial charge in [-0.2, -0.15) is 0 Å². The summed E-state index contributed by atoms with van der Waals surface area (Å²) >= 11 is 0. The van der Waals surface area contributed by atoms with Crippen molar-refractivity contribution in [2.75, 3.05) is 11.9 Å². The van der Waals surface area contributed by atoms with Crippen LogP contribution in [0.4, 0.5) is 14.5 Å². The molecule has 3 nitrogen and oxygen atoms in total. The lowest BCUT2D eigenvalue weighted by Crippen LogP contribution is -2.31. The van der Waals surface area contributed by atoms with Crippen LogP contribution in [0.5, 0.6) is 0 Å². The van der Waals surface area contributed by atoms with Gasteiger partial charge in [0.1, 0.15) is 11.6 Å². The Labute approximate surface area is 99.2 Å². The third-order valence-electron chi connectivity index (χ3n) is 2.05. The molecule has 17 heavy (non-hydrogen) atoms. The summed E-state index contributed by atoms with van der Waals surface area (Å²) in [5, 5.41) is 5.39. The number of carbonyl (C=O) groups excluding carboxylic acids is 1. The van der Waals surface area contributed by atoms with E-state index in [0.717, 1.165) is 18.2 Å². The molecule has 1 aromatic carbocycles. The molecule has 1 rings (SSSR count). The summed E-state index contributed by atoms with van der Waals surface area (Å²) in [7, 11) is 0. The maximum atomic E-state index is 13.2. The van der Waals surface area contributed by atoms with Crippen molar-refractivity contribution in [3.8, 4) is 0 Å². The number of anilines is 1. The lowest BCUT2D eigenvalue weighted by atomic mass is 10.2. The second kappa shape index (κ2) is 6.18. The van der Waals surface area contributed by atoms with E-state index in [4.69, 9.17) is 0 Å². The number of hydrogen-bond donors (Lipinski definition) is 2. The molecule has 0 unspecified atom stereocenters. The first kappa shape index (κ1) is 13.4. The van der Waals surface area contributed by atoms with Gasteiger partial charge in [-0.3, -0.25) is 4.79 Å². The zero-order valence-electron chi connectivity index (χ0n) is 9.89. The molecule has 0 saturated heterocycles. The van der Waals surface area contributed by atoms with Crippen LogP contribution in [-0.2, 0) is 4.79 Å². The van der Waals surface area contributed by atoms with Gasteiger partial charge in [0.05, 0.1) is 5.69 Å². The Hall–Kier alpha value is -1.65. The average Bonchev–Trinajstić information content (AvgIpc) is 2.22.